The van der Waals surface area contributed by atoms with Gasteiger partial charge in [0, 0.05) is 42.4 Å². The molecule has 0 saturated carbocycles. The fourth-order valence-corrected chi connectivity index (χ4v) is 4.36. The van der Waals surface area contributed by atoms with E-state index < -0.39 is 29.2 Å². The summed E-state index contributed by atoms with van der Waals surface area (Å²) < 4.78 is 47.7. The number of nitrogens with zero attached hydrogens (tertiary/aromatic N) is 2. The van der Waals surface area contributed by atoms with Crippen molar-refractivity contribution < 1.29 is 27.5 Å². The molecule has 0 saturated heterocycles. The van der Waals surface area contributed by atoms with Gasteiger partial charge in [0.05, 0.1) is 11.3 Å². The van der Waals surface area contributed by atoms with Gasteiger partial charge in [-0.1, -0.05) is 23.7 Å². The number of ether oxygens (including phenoxy) is 1. The molecule has 4 rings (SSSR count). The number of hydrogen-bond acceptors (Lipinski definition) is 5. The van der Waals surface area contributed by atoms with E-state index in [0.717, 1.165) is 6.07 Å². The maximum absolute atomic E-state index is 14.2. The molecule has 9 heteroatoms. The quantitative estimate of drug-likeness (QED) is 0.164. The number of pyridine rings is 2. The number of ketones is 2. The van der Waals surface area contributed by atoms with Gasteiger partial charge >= 0.3 is 0 Å². The second-order valence-electron chi connectivity index (χ2n) is 8.71. The third kappa shape index (κ3) is 6.83. The van der Waals surface area contributed by atoms with Crippen molar-refractivity contribution in [1.82, 2.24) is 9.97 Å². The Morgan fingerprint density at radius 3 is 2.42 bits per heavy atom. The van der Waals surface area contributed by atoms with Gasteiger partial charge in [-0.05, 0) is 60.9 Å². The van der Waals surface area contributed by atoms with Crippen molar-refractivity contribution in [2.75, 3.05) is 6.61 Å². The van der Waals surface area contributed by atoms with Gasteiger partial charge in [-0.3, -0.25) is 14.6 Å². The summed E-state index contributed by atoms with van der Waals surface area (Å²) in [6.07, 6.45) is 3.00. The molecule has 1 atom stereocenters. The highest BCUT2D eigenvalue weighted by Crippen LogP contribution is 2.33. The van der Waals surface area contributed by atoms with E-state index >= 15 is 0 Å². The average molecular weight is 539 g/mol. The maximum atomic E-state index is 14.2. The average Bonchev–Trinajstić information content (AvgIpc) is 2.87. The third-order valence-electron chi connectivity index (χ3n) is 5.86. The van der Waals surface area contributed by atoms with Crippen LogP contribution in [0.3, 0.4) is 0 Å². The lowest BCUT2D eigenvalue weighted by molar-refractivity contribution is -0.121. The first kappa shape index (κ1) is 27.0. The fourth-order valence-electron chi connectivity index (χ4n) is 4.20. The van der Waals surface area contributed by atoms with Crippen LogP contribution >= 0.6 is 11.6 Å². The van der Waals surface area contributed by atoms with Gasteiger partial charge in [-0.2, -0.15) is 0 Å². The van der Waals surface area contributed by atoms with Crippen molar-refractivity contribution >= 4 is 23.2 Å². The highest BCUT2D eigenvalue weighted by Gasteiger charge is 2.23. The first-order chi connectivity index (χ1) is 18.2. The number of halogens is 4. The van der Waals surface area contributed by atoms with Crippen LogP contribution in [0.25, 0.3) is 11.1 Å². The van der Waals surface area contributed by atoms with Gasteiger partial charge in [-0.25, -0.2) is 18.2 Å². The van der Waals surface area contributed by atoms with E-state index in [1.165, 1.54) is 55.7 Å². The number of benzene rings is 2. The summed E-state index contributed by atoms with van der Waals surface area (Å²) in [7, 11) is 0. The molecular weight excluding hydrogens is 517 g/mol. The van der Waals surface area contributed by atoms with E-state index in [0.29, 0.717) is 28.1 Å². The lowest BCUT2D eigenvalue weighted by Gasteiger charge is -2.20. The zero-order valence-corrected chi connectivity index (χ0v) is 21.0. The van der Waals surface area contributed by atoms with Crippen LogP contribution in [0.4, 0.5) is 13.2 Å². The topological polar surface area (TPSA) is 69.2 Å². The third-order valence-corrected chi connectivity index (χ3v) is 6.06. The van der Waals surface area contributed by atoms with Gasteiger partial charge in [-0.15, -0.1) is 0 Å². The Balaban J connectivity index is 1.68. The molecule has 0 aliphatic heterocycles. The van der Waals surface area contributed by atoms with E-state index in [1.54, 1.807) is 18.2 Å². The molecule has 0 spiro atoms. The Labute approximate surface area is 222 Å². The summed E-state index contributed by atoms with van der Waals surface area (Å²) in [6.45, 7) is 0.990. The second-order valence-corrected chi connectivity index (χ2v) is 9.10. The number of carbonyl (C=O) groups is 2. The highest BCUT2D eigenvalue weighted by atomic mass is 35.5. The Morgan fingerprint density at radius 2 is 1.71 bits per heavy atom. The molecule has 2 aromatic carbocycles. The van der Waals surface area contributed by atoms with Crippen molar-refractivity contribution in [2.45, 2.75) is 25.7 Å². The van der Waals surface area contributed by atoms with E-state index in [1.807, 2.05) is 0 Å². The van der Waals surface area contributed by atoms with Crippen LogP contribution in [-0.2, 0) is 11.2 Å². The van der Waals surface area contributed by atoms with Crippen LogP contribution in [0.5, 0.6) is 5.75 Å². The smallest absolute Gasteiger partial charge is 0.170 e. The standard InChI is InChI=1S/C29H22ClF3N2O3/c1-17(36)26-13-19(4-5-27(26)33)25-3-2-7-35-29(25)20(9-18-10-21(31)14-22(32)11-18)12-23(37)16-38-24-6-8-34-28(30)15-24/h2-8,10-11,13-15,20H,9,12,16H2,1H3/t20-/m1/s1. The Morgan fingerprint density at radius 1 is 0.947 bits per heavy atom. The van der Waals surface area contributed by atoms with Crippen molar-refractivity contribution in [3.63, 3.8) is 0 Å². The zero-order chi connectivity index (χ0) is 27.2. The predicted octanol–water partition coefficient (Wildman–Crippen LogP) is 6.78. The molecule has 194 valence electrons. The molecule has 5 nitrogen and oxygen atoms in total. The van der Waals surface area contributed by atoms with Crippen LogP contribution in [-0.4, -0.2) is 28.1 Å². The first-order valence-corrected chi connectivity index (χ1v) is 12.0. The van der Waals surface area contributed by atoms with Crippen LogP contribution < -0.4 is 4.74 Å². The summed E-state index contributed by atoms with van der Waals surface area (Å²) >= 11 is 5.87. The molecule has 0 radical (unpaired) electrons. The zero-order valence-electron chi connectivity index (χ0n) is 20.3. The molecule has 2 heterocycles. The summed E-state index contributed by atoms with van der Waals surface area (Å²) in [5.41, 5.74) is 1.79. The molecule has 2 aromatic heterocycles. The molecule has 0 aliphatic carbocycles. The van der Waals surface area contributed by atoms with Crippen LogP contribution in [0, 0.1) is 17.5 Å². The largest absolute Gasteiger partial charge is 0.486 e. The Bertz CT molecular complexity index is 1480. The van der Waals surface area contributed by atoms with Crippen LogP contribution in [0.15, 0.2) is 73.1 Å². The van der Waals surface area contributed by atoms with Gasteiger partial charge < -0.3 is 4.74 Å². The van der Waals surface area contributed by atoms with Gasteiger partial charge in [0.2, 0.25) is 0 Å². The summed E-state index contributed by atoms with van der Waals surface area (Å²) in [6, 6.07) is 13.7. The van der Waals surface area contributed by atoms with E-state index in [9.17, 15) is 22.8 Å². The number of carbonyl (C=O) groups excluding carboxylic acids is 2. The van der Waals surface area contributed by atoms with E-state index in [-0.39, 0.29) is 35.9 Å². The molecule has 0 bridgehead atoms. The van der Waals surface area contributed by atoms with Gasteiger partial charge in [0.25, 0.3) is 0 Å². The molecule has 0 fully saturated rings. The highest BCUT2D eigenvalue weighted by molar-refractivity contribution is 6.29. The van der Waals surface area contributed by atoms with Gasteiger partial charge in [0.15, 0.2) is 11.6 Å². The van der Waals surface area contributed by atoms with E-state index in [2.05, 4.69) is 9.97 Å². The SMILES string of the molecule is CC(=O)c1cc(-c2cccnc2[C@@H](CC(=O)COc2ccnc(Cl)c2)Cc2cc(F)cc(F)c2)ccc1F. The van der Waals surface area contributed by atoms with Crippen molar-refractivity contribution in [3.8, 4) is 16.9 Å². The number of aromatic nitrogens is 2. The number of hydrogen-bond donors (Lipinski definition) is 0. The Hall–Kier alpha value is -4.04. The molecule has 38 heavy (non-hydrogen) atoms. The van der Waals surface area contributed by atoms with Crippen molar-refractivity contribution in [2.24, 2.45) is 0 Å². The summed E-state index contributed by atoms with van der Waals surface area (Å²) in [5.74, 6) is -3.12. The molecule has 0 unspecified atom stereocenters. The molecule has 4 aromatic rings. The minimum Gasteiger partial charge on any atom is -0.486 e. The second kappa shape index (κ2) is 12.0. The first-order valence-electron chi connectivity index (χ1n) is 11.7. The van der Waals surface area contributed by atoms with Crippen molar-refractivity contribution in [3.05, 3.63) is 112 Å². The fraction of sp³-hybridized carbons (Fsp3) is 0.172. The number of Topliss-reactive ketones (excluding diaryl/α,β-unsaturated/α-hetero) is 2. The van der Waals surface area contributed by atoms with E-state index in [4.69, 9.17) is 16.3 Å². The summed E-state index contributed by atoms with van der Waals surface area (Å²) in [4.78, 5) is 33.3. The van der Waals surface area contributed by atoms with Crippen LogP contribution in [0.1, 0.15) is 40.9 Å². The monoisotopic (exact) mass is 538 g/mol. The predicted molar refractivity (Wildman–Crippen MR) is 137 cm³/mol. The van der Waals surface area contributed by atoms with Crippen LogP contribution in [0.2, 0.25) is 5.15 Å². The molecule has 0 N–H and O–H groups in total. The molecule has 0 amide bonds. The van der Waals surface area contributed by atoms with Crippen molar-refractivity contribution in [1.29, 1.82) is 0 Å². The minimum atomic E-state index is -0.742. The number of rotatable bonds is 10. The lowest BCUT2D eigenvalue weighted by Crippen LogP contribution is -2.18. The van der Waals surface area contributed by atoms with Gasteiger partial charge in [0.1, 0.15) is 35.0 Å². The minimum absolute atomic E-state index is 0.0677. The molecule has 0 aliphatic rings. The summed E-state index contributed by atoms with van der Waals surface area (Å²) in [5, 5.41) is 0.211. The normalized spacial score (nSPS) is 11.7. The maximum Gasteiger partial charge on any atom is 0.170 e. The molecular formula is C29H22ClF3N2O3. The Kier molecular flexibility index (Phi) is 8.53. The lowest BCUT2D eigenvalue weighted by atomic mass is 9.86.